The molecule has 1 saturated carbocycles. The van der Waals surface area contributed by atoms with E-state index >= 15 is 0 Å². The van der Waals surface area contributed by atoms with Crippen LogP contribution in [0.1, 0.15) is 25.3 Å². The Kier molecular flexibility index (Phi) is 2.27. The highest BCUT2D eigenvalue weighted by atomic mass is 79.9. The summed E-state index contributed by atoms with van der Waals surface area (Å²) in [6, 6.07) is 8.75. The van der Waals surface area contributed by atoms with Crippen LogP contribution in [0, 0.1) is 5.92 Å². The van der Waals surface area contributed by atoms with Gasteiger partial charge in [-0.3, -0.25) is 0 Å². The van der Waals surface area contributed by atoms with Crippen molar-refractivity contribution < 1.29 is 0 Å². The normalized spacial score (nSPS) is 21.1. The van der Waals surface area contributed by atoms with E-state index in [0.717, 1.165) is 5.92 Å². The Morgan fingerprint density at radius 2 is 1.85 bits per heavy atom. The molecule has 1 aliphatic rings. The van der Waals surface area contributed by atoms with Gasteiger partial charge in [0.2, 0.25) is 0 Å². The Balaban J connectivity index is 2.28. The van der Waals surface area contributed by atoms with E-state index in [4.69, 9.17) is 0 Å². The van der Waals surface area contributed by atoms with Gasteiger partial charge in [0.15, 0.2) is 0 Å². The van der Waals surface area contributed by atoms with Crippen molar-refractivity contribution in [2.75, 3.05) is 0 Å². The summed E-state index contributed by atoms with van der Waals surface area (Å²) in [6.45, 7) is 2.36. The van der Waals surface area contributed by atoms with E-state index in [1.807, 2.05) is 0 Å². The molecule has 0 amide bonds. The van der Waals surface area contributed by atoms with Crippen molar-refractivity contribution in [3.63, 3.8) is 0 Å². The predicted molar refractivity (Wildman–Crippen MR) is 62.8 cm³/mol. The standard InChI is InChI=1S/C11H14BBr/c1-11(12,8-2-3-8)9-4-6-10(13)7-5-9/h4-8H,2-3,12H2,1H3/t11-/m1/s1. The second-order valence-corrected chi connectivity index (χ2v) is 5.42. The fourth-order valence-electron chi connectivity index (χ4n) is 1.92. The third-order valence-electron chi connectivity index (χ3n) is 3.19. The second kappa shape index (κ2) is 3.16. The fraction of sp³-hybridized carbons (Fsp3) is 0.455. The van der Waals surface area contributed by atoms with Gasteiger partial charge >= 0.3 is 0 Å². The van der Waals surface area contributed by atoms with Gasteiger partial charge in [-0.25, -0.2) is 0 Å². The summed E-state index contributed by atoms with van der Waals surface area (Å²) >= 11 is 3.46. The Morgan fingerprint density at radius 3 is 2.31 bits per heavy atom. The van der Waals surface area contributed by atoms with Crippen LogP contribution >= 0.6 is 15.9 Å². The van der Waals surface area contributed by atoms with Crippen molar-refractivity contribution in [2.24, 2.45) is 5.92 Å². The molecule has 1 aliphatic carbocycles. The van der Waals surface area contributed by atoms with Crippen LogP contribution in [0.2, 0.25) is 0 Å². The lowest BCUT2D eigenvalue weighted by Gasteiger charge is -2.25. The summed E-state index contributed by atoms with van der Waals surface area (Å²) in [5.74, 6) is 0.911. The summed E-state index contributed by atoms with van der Waals surface area (Å²) < 4.78 is 1.17. The van der Waals surface area contributed by atoms with Gasteiger partial charge in [0.05, 0.1) is 0 Å². The second-order valence-electron chi connectivity index (χ2n) is 4.50. The van der Waals surface area contributed by atoms with E-state index in [-0.39, 0.29) is 0 Å². The molecule has 0 N–H and O–H groups in total. The Labute approximate surface area is 89.3 Å². The average molecular weight is 237 g/mol. The Morgan fingerprint density at radius 1 is 1.31 bits per heavy atom. The van der Waals surface area contributed by atoms with Gasteiger partial charge in [0, 0.05) is 4.47 Å². The Hall–Kier alpha value is -0.235. The molecule has 0 aromatic heterocycles. The van der Waals surface area contributed by atoms with E-state index in [1.165, 1.54) is 22.9 Å². The summed E-state index contributed by atoms with van der Waals surface area (Å²) in [6.07, 6.45) is 2.81. The maximum atomic E-state index is 3.46. The maximum absolute atomic E-state index is 3.46. The molecule has 0 spiro atoms. The Bertz CT molecular complexity index is 298. The van der Waals surface area contributed by atoms with Crippen LogP contribution in [0.25, 0.3) is 0 Å². The van der Waals surface area contributed by atoms with Crippen LogP contribution < -0.4 is 0 Å². The van der Waals surface area contributed by atoms with Gasteiger partial charge in [0.25, 0.3) is 0 Å². The van der Waals surface area contributed by atoms with Crippen molar-refractivity contribution in [1.29, 1.82) is 0 Å². The zero-order chi connectivity index (χ0) is 9.47. The van der Waals surface area contributed by atoms with E-state index < -0.39 is 0 Å². The molecule has 0 bridgehead atoms. The molecule has 1 fully saturated rings. The first-order chi connectivity index (χ1) is 6.10. The van der Waals surface area contributed by atoms with Crippen LogP contribution in [-0.4, -0.2) is 7.85 Å². The molecule has 0 saturated heterocycles. The topological polar surface area (TPSA) is 0 Å². The van der Waals surface area contributed by atoms with E-state index in [2.05, 4.69) is 55.0 Å². The molecule has 1 aromatic rings. The monoisotopic (exact) mass is 236 g/mol. The zero-order valence-corrected chi connectivity index (χ0v) is 9.76. The summed E-state index contributed by atoms with van der Waals surface area (Å²) in [5.41, 5.74) is 1.47. The van der Waals surface area contributed by atoms with Gasteiger partial charge in [-0.2, -0.15) is 0 Å². The van der Waals surface area contributed by atoms with Gasteiger partial charge in [-0.15, -0.1) is 0 Å². The summed E-state index contributed by atoms with van der Waals surface area (Å²) in [7, 11) is 2.36. The predicted octanol–water partition coefficient (Wildman–Crippen LogP) is 2.71. The highest BCUT2D eigenvalue weighted by molar-refractivity contribution is 9.10. The van der Waals surface area contributed by atoms with Crippen LogP contribution in [0.5, 0.6) is 0 Å². The molecule has 68 valence electrons. The minimum absolute atomic E-state index is 0.376. The van der Waals surface area contributed by atoms with E-state index in [9.17, 15) is 0 Å². The first-order valence-electron chi connectivity index (χ1n) is 4.87. The van der Waals surface area contributed by atoms with Crippen LogP contribution in [-0.2, 0) is 5.31 Å². The van der Waals surface area contributed by atoms with Crippen LogP contribution in [0.3, 0.4) is 0 Å². The number of halogens is 1. The molecule has 0 radical (unpaired) electrons. The SMILES string of the molecule is B[C@@](C)(c1ccc(Br)cc1)C1CC1. The lowest BCUT2D eigenvalue weighted by atomic mass is 9.62. The molecule has 1 atom stereocenters. The molecular formula is C11H14BBr. The minimum atomic E-state index is 0.376. The lowest BCUT2D eigenvalue weighted by molar-refractivity contribution is 0.585. The van der Waals surface area contributed by atoms with Crippen molar-refractivity contribution in [2.45, 2.75) is 25.1 Å². The number of hydrogen-bond donors (Lipinski definition) is 0. The first-order valence-corrected chi connectivity index (χ1v) is 5.66. The van der Waals surface area contributed by atoms with Gasteiger partial charge in [-0.05, 0) is 28.9 Å². The quantitative estimate of drug-likeness (QED) is 0.693. The highest BCUT2D eigenvalue weighted by Gasteiger charge is 2.38. The third-order valence-corrected chi connectivity index (χ3v) is 3.71. The molecule has 13 heavy (non-hydrogen) atoms. The molecule has 1 aromatic carbocycles. The van der Waals surface area contributed by atoms with Gasteiger partial charge in [-0.1, -0.05) is 47.8 Å². The number of rotatable bonds is 2. The molecule has 2 heteroatoms. The molecule has 0 nitrogen and oxygen atoms in total. The molecule has 0 unspecified atom stereocenters. The van der Waals surface area contributed by atoms with Crippen molar-refractivity contribution in [3.8, 4) is 0 Å². The smallest absolute Gasteiger partial charge is 0.0627 e. The van der Waals surface area contributed by atoms with Gasteiger partial charge < -0.3 is 0 Å². The molecule has 0 aliphatic heterocycles. The maximum Gasteiger partial charge on any atom is 0.115 e. The van der Waals surface area contributed by atoms with Gasteiger partial charge in [0.1, 0.15) is 7.85 Å². The van der Waals surface area contributed by atoms with E-state index in [0.29, 0.717) is 5.31 Å². The minimum Gasteiger partial charge on any atom is -0.0627 e. The fourth-order valence-corrected chi connectivity index (χ4v) is 2.18. The highest BCUT2D eigenvalue weighted by Crippen LogP contribution is 2.45. The summed E-state index contributed by atoms with van der Waals surface area (Å²) in [5, 5.41) is 0.376. The van der Waals surface area contributed by atoms with E-state index in [1.54, 1.807) is 0 Å². The number of benzene rings is 1. The summed E-state index contributed by atoms with van der Waals surface area (Å²) in [4.78, 5) is 0. The van der Waals surface area contributed by atoms with Crippen LogP contribution in [0.15, 0.2) is 28.7 Å². The molecule has 2 rings (SSSR count). The lowest BCUT2D eigenvalue weighted by Crippen LogP contribution is -2.24. The molecule has 0 heterocycles. The van der Waals surface area contributed by atoms with Crippen molar-refractivity contribution in [3.05, 3.63) is 34.3 Å². The zero-order valence-electron chi connectivity index (χ0n) is 8.18. The van der Waals surface area contributed by atoms with Crippen LogP contribution in [0.4, 0.5) is 0 Å². The molecular weight excluding hydrogens is 223 g/mol. The largest absolute Gasteiger partial charge is 0.115 e. The van der Waals surface area contributed by atoms with Crippen molar-refractivity contribution in [1.82, 2.24) is 0 Å². The average Bonchev–Trinajstić information content (AvgIpc) is 2.87. The third kappa shape index (κ3) is 1.83. The number of hydrogen-bond acceptors (Lipinski definition) is 0. The first kappa shape index (κ1) is 9.33. The van der Waals surface area contributed by atoms with Crippen molar-refractivity contribution >= 4 is 23.8 Å².